The molecule has 0 fully saturated rings. The highest BCUT2D eigenvalue weighted by atomic mass is 16.5. The van der Waals surface area contributed by atoms with Gasteiger partial charge in [-0.15, -0.1) is 0 Å². The summed E-state index contributed by atoms with van der Waals surface area (Å²) in [6.45, 7) is 2.99. The van der Waals surface area contributed by atoms with E-state index < -0.39 is 5.91 Å². The van der Waals surface area contributed by atoms with Gasteiger partial charge in [-0.3, -0.25) is 4.79 Å². The molecule has 18 heavy (non-hydrogen) atoms. The van der Waals surface area contributed by atoms with Crippen LogP contribution in [0.25, 0.3) is 0 Å². The van der Waals surface area contributed by atoms with Crippen molar-refractivity contribution in [3.63, 3.8) is 0 Å². The Kier molecular flexibility index (Phi) is 5.85. The minimum absolute atomic E-state index is 0.0556. The number of hydrogen-bond donors (Lipinski definition) is 2. The van der Waals surface area contributed by atoms with Crippen molar-refractivity contribution in [3.8, 4) is 6.07 Å². The Bertz CT molecular complexity index is 440. The molecule has 0 saturated heterocycles. The van der Waals surface area contributed by atoms with Crippen molar-refractivity contribution in [3.05, 3.63) is 35.4 Å². The third kappa shape index (κ3) is 4.95. The van der Waals surface area contributed by atoms with E-state index in [-0.39, 0.29) is 12.6 Å². The summed E-state index contributed by atoms with van der Waals surface area (Å²) in [5.41, 5.74) is 6.63. The third-order valence-electron chi connectivity index (χ3n) is 2.46. The van der Waals surface area contributed by atoms with E-state index in [0.29, 0.717) is 18.7 Å². The molecule has 0 aliphatic carbocycles. The van der Waals surface area contributed by atoms with Gasteiger partial charge in [0.05, 0.1) is 18.2 Å². The number of nitriles is 1. The zero-order valence-corrected chi connectivity index (χ0v) is 10.3. The zero-order valence-electron chi connectivity index (χ0n) is 10.3. The van der Waals surface area contributed by atoms with Gasteiger partial charge in [0.25, 0.3) is 0 Å². The van der Waals surface area contributed by atoms with Crippen molar-refractivity contribution in [1.29, 1.82) is 5.26 Å². The summed E-state index contributed by atoms with van der Waals surface area (Å²) in [4.78, 5) is 10.4. The highest BCUT2D eigenvalue weighted by molar-refractivity contribution is 5.74. The summed E-state index contributed by atoms with van der Waals surface area (Å²) < 4.78 is 5.04. The summed E-state index contributed by atoms with van der Waals surface area (Å²) in [6, 6.07) is 9.67. The molecule has 1 rings (SSSR count). The summed E-state index contributed by atoms with van der Waals surface area (Å²) >= 11 is 0. The molecule has 5 heteroatoms. The molecule has 0 aromatic heterocycles. The van der Waals surface area contributed by atoms with Gasteiger partial charge in [0.2, 0.25) is 5.91 Å². The lowest BCUT2D eigenvalue weighted by Crippen LogP contribution is -2.26. The molecule has 1 aromatic carbocycles. The van der Waals surface area contributed by atoms with Crippen molar-refractivity contribution in [1.82, 2.24) is 5.32 Å². The monoisotopic (exact) mass is 247 g/mol. The molecule has 0 aliphatic heterocycles. The van der Waals surface area contributed by atoms with Crippen LogP contribution < -0.4 is 11.1 Å². The fourth-order valence-electron chi connectivity index (χ4n) is 1.52. The Balaban J connectivity index is 2.34. The zero-order chi connectivity index (χ0) is 13.4. The van der Waals surface area contributed by atoms with Crippen LogP contribution in [0.1, 0.15) is 24.1 Å². The van der Waals surface area contributed by atoms with Crippen molar-refractivity contribution in [2.24, 2.45) is 5.73 Å². The van der Waals surface area contributed by atoms with Gasteiger partial charge < -0.3 is 15.8 Å². The van der Waals surface area contributed by atoms with Gasteiger partial charge in [-0.25, -0.2) is 0 Å². The SMILES string of the molecule is CC(NCCOCC(N)=O)c1cccc(C#N)c1. The van der Waals surface area contributed by atoms with E-state index in [4.69, 9.17) is 15.7 Å². The maximum atomic E-state index is 10.4. The van der Waals surface area contributed by atoms with Crippen LogP contribution in [0.2, 0.25) is 0 Å². The number of nitrogens with one attached hydrogen (secondary N) is 1. The van der Waals surface area contributed by atoms with E-state index in [0.717, 1.165) is 5.56 Å². The number of hydrogen-bond acceptors (Lipinski definition) is 4. The maximum absolute atomic E-state index is 10.4. The summed E-state index contributed by atoms with van der Waals surface area (Å²) in [5.74, 6) is -0.468. The maximum Gasteiger partial charge on any atom is 0.243 e. The Morgan fingerprint density at radius 3 is 3.06 bits per heavy atom. The van der Waals surface area contributed by atoms with Gasteiger partial charge >= 0.3 is 0 Å². The molecule has 1 atom stereocenters. The van der Waals surface area contributed by atoms with Crippen molar-refractivity contribution >= 4 is 5.91 Å². The molecular formula is C13H17N3O2. The molecule has 96 valence electrons. The standard InChI is InChI=1S/C13H17N3O2/c1-10(16-5-6-18-9-13(15)17)12-4-2-3-11(7-12)8-14/h2-4,7,10,16H,5-6,9H2,1H3,(H2,15,17). The van der Waals surface area contributed by atoms with E-state index >= 15 is 0 Å². The predicted molar refractivity (Wildman–Crippen MR) is 67.6 cm³/mol. The first-order valence-electron chi connectivity index (χ1n) is 5.73. The third-order valence-corrected chi connectivity index (χ3v) is 2.46. The number of carbonyl (C=O) groups is 1. The number of ether oxygens (including phenoxy) is 1. The lowest BCUT2D eigenvalue weighted by atomic mass is 10.1. The fraction of sp³-hybridized carbons (Fsp3) is 0.385. The molecule has 0 spiro atoms. The number of nitrogens with two attached hydrogens (primary N) is 1. The van der Waals surface area contributed by atoms with E-state index in [9.17, 15) is 4.79 Å². The van der Waals surface area contributed by atoms with Crippen LogP contribution in [0.15, 0.2) is 24.3 Å². The van der Waals surface area contributed by atoms with Gasteiger partial charge in [-0.2, -0.15) is 5.26 Å². The molecule has 0 saturated carbocycles. The Morgan fingerprint density at radius 1 is 1.61 bits per heavy atom. The van der Waals surface area contributed by atoms with Gasteiger partial charge in [0, 0.05) is 12.6 Å². The second-order valence-corrected chi connectivity index (χ2v) is 3.93. The molecule has 1 aromatic rings. The second kappa shape index (κ2) is 7.43. The molecule has 1 unspecified atom stereocenters. The lowest BCUT2D eigenvalue weighted by Gasteiger charge is -2.14. The van der Waals surface area contributed by atoms with Gasteiger partial charge in [-0.1, -0.05) is 12.1 Å². The Labute approximate surface area is 107 Å². The highest BCUT2D eigenvalue weighted by Gasteiger charge is 2.05. The van der Waals surface area contributed by atoms with Crippen LogP contribution in [0.5, 0.6) is 0 Å². The number of nitrogens with zero attached hydrogens (tertiary/aromatic N) is 1. The van der Waals surface area contributed by atoms with Gasteiger partial charge in [-0.05, 0) is 24.6 Å². The van der Waals surface area contributed by atoms with Crippen LogP contribution in [-0.4, -0.2) is 25.7 Å². The average Bonchev–Trinajstić information content (AvgIpc) is 2.37. The first kappa shape index (κ1) is 14.2. The fourth-order valence-corrected chi connectivity index (χ4v) is 1.52. The molecule has 0 aliphatic rings. The first-order valence-corrected chi connectivity index (χ1v) is 5.73. The first-order chi connectivity index (χ1) is 8.63. The molecule has 1 amide bonds. The quantitative estimate of drug-likeness (QED) is 0.694. The minimum Gasteiger partial charge on any atom is -0.370 e. The molecular weight excluding hydrogens is 230 g/mol. The summed E-state index contributed by atoms with van der Waals surface area (Å²) in [6.07, 6.45) is 0. The van der Waals surface area contributed by atoms with E-state index in [1.54, 1.807) is 6.07 Å². The molecule has 0 bridgehead atoms. The van der Waals surface area contributed by atoms with Crippen LogP contribution in [0.3, 0.4) is 0 Å². The normalized spacial score (nSPS) is 11.8. The number of benzene rings is 1. The van der Waals surface area contributed by atoms with E-state index in [1.165, 1.54) is 0 Å². The number of amides is 1. The molecule has 5 nitrogen and oxygen atoms in total. The van der Waals surface area contributed by atoms with Crippen LogP contribution in [0.4, 0.5) is 0 Å². The average molecular weight is 247 g/mol. The second-order valence-electron chi connectivity index (χ2n) is 3.93. The minimum atomic E-state index is -0.468. The highest BCUT2D eigenvalue weighted by Crippen LogP contribution is 2.13. The number of primary amides is 1. The predicted octanol–water partition coefficient (Wildman–Crippen LogP) is 0.711. The van der Waals surface area contributed by atoms with Gasteiger partial charge in [0.1, 0.15) is 6.61 Å². The number of rotatable bonds is 7. The summed E-state index contributed by atoms with van der Waals surface area (Å²) in [5, 5.41) is 12.0. The Hall–Kier alpha value is -1.90. The molecule has 3 N–H and O–H groups in total. The topological polar surface area (TPSA) is 88.1 Å². The van der Waals surface area contributed by atoms with Crippen molar-refractivity contribution in [2.45, 2.75) is 13.0 Å². The van der Waals surface area contributed by atoms with Crippen LogP contribution in [-0.2, 0) is 9.53 Å². The number of carbonyl (C=O) groups excluding carboxylic acids is 1. The largest absolute Gasteiger partial charge is 0.370 e. The smallest absolute Gasteiger partial charge is 0.243 e. The van der Waals surface area contributed by atoms with Crippen molar-refractivity contribution in [2.75, 3.05) is 19.8 Å². The van der Waals surface area contributed by atoms with E-state index in [2.05, 4.69) is 11.4 Å². The van der Waals surface area contributed by atoms with E-state index in [1.807, 2.05) is 25.1 Å². The van der Waals surface area contributed by atoms with Crippen molar-refractivity contribution < 1.29 is 9.53 Å². The summed E-state index contributed by atoms with van der Waals surface area (Å²) in [7, 11) is 0. The Morgan fingerprint density at radius 2 is 2.39 bits per heavy atom. The van der Waals surface area contributed by atoms with Crippen LogP contribution in [0, 0.1) is 11.3 Å². The van der Waals surface area contributed by atoms with Crippen LogP contribution >= 0.6 is 0 Å². The molecule has 0 radical (unpaired) electrons. The lowest BCUT2D eigenvalue weighted by molar-refractivity contribution is -0.122. The van der Waals surface area contributed by atoms with Gasteiger partial charge in [0.15, 0.2) is 0 Å². The molecule has 0 heterocycles.